The zero-order valence-electron chi connectivity index (χ0n) is 9.10. The Morgan fingerprint density at radius 1 is 1.41 bits per heavy atom. The maximum Gasteiger partial charge on any atom is 0.359 e. The van der Waals surface area contributed by atoms with Crippen LogP contribution in [0.25, 0.3) is 0 Å². The maximum absolute atomic E-state index is 10.5. The highest BCUT2D eigenvalue weighted by molar-refractivity contribution is 14.1. The summed E-state index contributed by atoms with van der Waals surface area (Å²) in [6.07, 6.45) is 1.25. The standard InChI is InChI=1S/C9H11ClIN3O3/c1-3-8(10)6(2)7(5-11)4-9(12-15,13-16)14-17/h3,7H,1,4-5H2,2H3/b8-6+. The first-order valence-electron chi connectivity index (χ1n) is 4.58. The van der Waals surface area contributed by atoms with E-state index in [4.69, 9.17) is 11.6 Å². The molecule has 0 bridgehead atoms. The van der Waals surface area contributed by atoms with Crippen LogP contribution in [0.1, 0.15) is 13.3 Å². The average Bonchev–Trinajstić information content (AvgIpc) is 2.39. The van der Waals surface area contributed by atoms with Crippen molar-refractivity contribution in [3.63, 3.8) is 0 Å². The quantitative estimate of drug-likeness (QED) is 0.279. The number of alkyl halides is 1. The van der Waals surface area contributed by atoms with Crippen LogP contribution in [0.5, 0.6) is 0 Å². The summed E-state index contributed by atoms with van der Waals surface area (Å²) in [7, 11) is 0. The monoisotopic (exact) mass is 371 g/mol. The van der Waals surface area contributed by atoms with Gasteiger partial charge in [-0.05, 0) is 28.4 Å². The molecule has 0 aromatic rings. The zero-order chi connectivity index (χ0) is 13.5. The highest BCUT2D eigenvalue weighted by atomic mass is 127. The molecular formula is C9H11ClIN3O3. The summed E-state index contributed by atoms with van der Waals surface area (Å²) in [4.78, 5) is 31.5. The molecule has 0 saturated carbocycles. The molecule has 17 heavy (non-hydrogen) atoms. The lowest BCUT2D eigenvalue weighted by molar-refractivity contribution is 0.377. The summed E-state index contributed by atoms with van der Waals surface area (Å²) in [6, 6.07) is 0. The summed E-state index contributed by atoms with van der Waals surface area (Å²) >= 11 is 7.92. The fourth-order valence-corrected chi connectivity index (χ4v) is 2.30. The molecule has 0 heterocycles. The summed E-state index contributed by atoms with van der Waals surface area (Å²) in [6.45, 7) is 5.23. The van der Waals surface area contributed by atoms with Crippen LogP contribution in [0.3, 0.4) is 0 Å². The van der Waals surface area contributed by atoms with Gasteiger partial charge in [-0.25, -0.2) is 0 Å². The van der Waals surface area contributed by atoms with Gasteiger partial charge in [0.2, 0.25) is 0 Å². The SMILES string of the molecule is C=C/C(Cl)=C(/C)C(CI)CC(N=O)(N=O)N=O. The third-order valence-electron chi connectivity index (χ3n) is 2.31. The molecule has 0 saturated heterocycles. The topological polar surface area (TPSA) is 88.3 Å². The fraction of sp³-hybridized carbons (Fsp3) is 0.556. The zero-order valence-corrected chi connectivity index (χ0v) is 12.0. The van der Waals surface area contributed by atoms with E-state index in [0.717, 1.165) is 0 Å². The summed E-state index contributed by atoms with van der Waals surface area (Å²) in [5.74, 6) is -2.61. The number of hydrogen-bond donors (Lipinski definition) is 0. The van der Waals surface area contributed by atoms with Crippen LogP contribution >= 0.6 is 34.2 Å². The van der Waals surface area contributed by atoms with Crippen molar-refractivity contribution in [2.24, 2.45) is 21.4 Å². The van der Waals surface area contributed by atoms with E-state index in [1.54, 1.807) is 6.92 Å². The minimum atomic E-state index is -2.31. The molecule has 0 aliphatic rings. The number of halogens is 2. The Morgan fingerprint density at radius 2 is 1.88 bits per heavy atom. The van der Waals surface area contributed by atoms with Gasteiger partial charge in [0.25, 0.3) is 0 Å². The van der Waals surface area contributed by atoms with E-state index < -0.39 is 5.79 Å². The van der Waals surface area contributed by atoms with Crippen molar-refractivity contribution in [2.75, 3.05) is 4.43 Å². The molecule has 6 nitrogen and oxygen atoms in total. The maximum atomic E-state index is 10.5. The Balaban J connectivity index is 5.18. The number of allylic oxidation sites excluding steroid dienone is 3. The molecule has 0 amide bonds. The predicted octanol–water partition coefficient (Wildman–Crippen LogP) is 4.08. The van der Waals surface area contributed by atoms with E-state index in [2.05, 4.69) is 22.1 Å². The second-order valence-corrected chi connectivity index (χ2v) is 4.63. The van der Waals surface area contributed by atoms with Gasteiger partial charge < -0.3 is 0 Å². The van der Waals surface area contributed by atoms with Gasteiger partial charge in [0.05, 0.1) is 0 Å². The first-order valence-corrected chi connectivity index (χ1v) is 6.48. The van der Waals surface area contributed by atoms with Crippen molar-refractivity contribution in [2.45, 2.75) is 19.1 Å². The van der Waals surface area contributed by atoms with Gasteiger partial charge in [-0.15, -0.1) is 14.7 Å². The Kier molecular flexibility index (Phi) is 7.28. The fourth-order valence-electron chi connectivity index (χ4n) is 1.17. The highest BCUT2D eigenvalue weighted by Crippen LogP contribution is 2.32. The summed E-state index contributed by atoms with van der Waals surface area (Å²) in [5, 5.41) is 7.63. The molecule has 1 atom stereocenters. The molecule has 0 N–H and O–H groups in total. The van der Waals surface area contributed by atoms with E-state index in [9.17, 15) is 14.7 Å². The van der Waals surface area contributed by atoms with Crippen molar-refractivity contribution in [3.8, 4) is 0 Å². The second-order valence-electron chi connectivity index (χ2n) is 3.34. The van der Waals surface area contributed by atoms with Crippen LogP contribution in [-0.4, -0.2) is 10.2 Å². The molecule has 94 valence electrons. The van der Waals surface area contributed by atoms with E-state index in [0.29, 0.717) is 15.0 Å². The number of rotatable bonds is 8. The van der Waals surface area contributed by atoms with Gasteiger partial charge >= 0.3 is 5.79 Å². The molecular weight excluding hydrogens is 360 g/mol. The van der Waals surface area contributed by atoms with Crippen molar-refractivity contribution < 1.29 is 0 Å². The summed E-state index contributed by atoms with van der Waals surface area (Å²) < 4.78 is 0.538. The van der Waals surface area contributed by atoms with Gasteiger partial charge in [0.1, 0.15) is 0 Å². The minimum Gasteiger partial charge on any atom is -0.146 e. The molecule has 1 unspecified atom stereocenters. The second kappa shape index (κ2) is 7.59. The van der Waals surface area contributed by atoms with Gasteiger partial charge in [0, 0.05) is 15.9 Å². The van der Waals surface area contributed by atoms with E-state index in [1.807, 2.05) is 22.6 Å². The lowest BCUT2D eigenvalue weighted by Gasteiger charge is -2.19. The molecule has 0 fully saturated rings. The number of nitroso groups, excluding NO2 is 3. The van der Waals surface area contributed by atoms with Gasteiger partial charge in [-0.3, -0.25) is 0 Å². The lowest BCUT2D eigenvalue weighted by atomic mass is 9.95. The van der Waals surface area contributed by atoms with Crippen LogP contribution < -0.4 is 0 Å². The molecule has 0 spiro atoms. The van der Waals surface area contributed by atoms with Crippen LogP contribution in [0.15, 0.2) is 38.8 Å². The van der Waals surface area contributed by atoms with Crippen LogP contribution in [0.2, 0.25) is 0 Å². The number of hydrogen-bond acceptors (Lipinski definition) is 6. The van der Waals surface area contributed by atoms with Crippen molar-refractivity contribution in [1.82, 2.24) is 0 Å². The van der Waals surface area contributed by atoms with E-state index in [1.165, 1.54) is 6.08 Å². The van der Waals surface area contributed by atoms with Crippen molar-refractivity contribution in [3.05, 3.63) is 38.0 Å². The van der Waals surface area contributed by atoms with E-state index in [-0.39, 0.29) is 12.3 Å². The van der Waals surface area contributed by atoms with Crippen LogP contribution in [0, 0.1) is 20.6 Å². The molecule has 0 aliphatic carbocycles. The molecule has 0 aliphatic heterocycles. The Bertz CT molecular complexity index is 338. The molecule has 0 radical (unpaired) electrons. The van der Waals surface area contributed by atoms with Crippen LogP contribution in [0.4, 0.5) is 0 Å². The third kappa shape index (κ3) is 4.23. The van der Waals surface area contributed by atoms with Crippen molar-refractivity contribution in [1.29, 1.82) is 0 Å². The van der Waals surface area contributed by atoms with Gasteiger partial charge in [-0.2, -0.15) is 0 Å². The molecule has 0 aromatic heterocycles. The van der Waals surface area contributed by atoms with Crippen molar-refractivity contribution >= 4 is 34.2 Å². The molecule has 0 aromatic carbocycles. The molecule has 8 heteroatoms. The van der Waals surface area contributed by atoms with Gasteiger partial charge in [-0.1, -0.05) is 52.4 Å². The first kappa shape index (κ1) is 16.3. The van der Waals surface area contributed by atoms with E-state index >= 15 is 0 Å². The third-order valence-corrected chi connectivity index (χ3v) is 3.83. The van der Waals surface area contributed by atoms with Gasteiger partial charge in [0.15, 0.2) is 0 Å². The Labute approximate surface area is 117 Å². The van der Waals surface area contributed by atoms with Crippen LogP contribution in [-0.2, 0) is 0 Å². The first-order chi connectivity index (χ1) is 8.00. The molecule has 0 rings (SSSR count). The predicted molar refractivity (Wildman–Crippen MR) is 75.9 cm³/mol. The summed E-state index contributed by atoms with van der Waals surface area (Å²) in [5.41, 5.74) is 0.705. The average molecular weight is 372 g/mol. The minimum absolute atomic E-state index is 0.192. The normalized spacial score (nSPS) is 14.5. The Hall–Kier alpha value is -0.700. The number of nitrogens with zero attached hydrogens (tertiary/aromatic N) is 3. The lowest BCUT2D eigenvalue weighted by Crippen LogP contribution is -2.25. The Morgan fingerprint density at radius 3 is 2.18 bits per heavy atom. The highest BCUT2D eigenvalue weighted by Gasteiger charge is 2.38. The largest absolute Gasteiger partial charge is 0.359 e. The smallest absolute Gasteiger partial charge is 0.146 e.